The fourth-order valence-electron chi connectivity index (χ4n) is 0.918. The van der Waals surface area contributed by atoms with Crippen LogP contribution in [-0.4, -0.2) is 4.92 Å². The zero-order valence-corrected chi connectivity index (χ0v) is 6.94. The van der Waals surface area contributed by atoms with Gasteiger partial charge in [-0.05, 0) is 12.5 Å². The molecule has 5 heteroatoms. The van der Waals surface area contributed by atoms with Crippen molar-refractivity contribution < 1.29 is 4.92 Å². The van der Waals surface area contributed by atoms with Crippen molar-refractivity contribution >= 4 is 11.4 Å². The normalized spacial score (nSPS) is 8.92. The number of nitro groups is 1. The Morgan fingerprint density at radius 3 is 2.85 bits per heavy atom. The maximum atomic E-state index is 10.4. The quantitative estimate of drug-likeness (QED) is 0.323. The number of nitriles is 1. The molecule has 0 atom stereocenters. The predicted octanol–water partition coefficient (Wildman–Crippen LogP) is 1.80. The summed E-state index contributed by atoms with van der Waals surface area (Å²) < 4.78 is 0. The first kappa shape index (κ1) is 9.00. The molecular formula is C8H7N3O2. The number of nitrogens with one attached hydrogen (secondary N) is 1. The molecule has 0 heterocycles. The molecule has 0 aliphatic rings. The largest absolute Gasteiger partial charge is 0.292 e. The highest BCUT2D eigenvalue weighted by Gasteiger charge is 2.07. The number of aryl methyl sites for hydroxylation is 1. The minimum Gasteiger partial charge on any atom is -0.292 e. The maximum Gasteiger partial charge on any atom is 0.271 e. The van der Waals surface area contributed by atoms with Crippen LogP contribution in [-0.2, 0) is 0 Å². The average molecular weight is 177 g/mol. The van der Waals surface area contributed by atoms with Crippen molar-refractivity contribution in [2.24, 2.45) is 0 Å². The molecule has 1 aromatic carbocycles. The van der Waals surface area contributed by atoms with Crippen LogP contribution in [0.3, 0.4) is 0 Å². The summed E-state index contributed by atoms with van der Waals surface area (Å²) in [6, 6.07) is 4.33. The Balaban J connectivity index is 3.12. The van der Waals surface area contributed by atoms with Crippen LogP contribution in [0.2, 0.25) is 0 Å². The molecule has 0 saturated heterocycles. The second kappa shape index (κ2) is 3.54. The van der Waals surface area contributed by atoms with E-state index in [2.05, 4.69) is 5.32 Å². The highest BCUT2D eigenvalue weighted by Crippen LogP contribution is 2.21. The number of hydrogen-bond donors (Lipinski definition) is 1. The summed E-state index contributed by atoms with van der Waals surface area (Å²) in [5.74, 6) is 0. The summed E-state index contributed by atoms with van der Waals surface area (Å²) in [6.07, 6.45) is 1.72. The molecule has 0 spiro atoms. The van der Waals surface area contributed by atoms with Gasteiger partial charge < -0.3 is 0 Å². The Hall–Kier alpha value is -2.09. The van der Waals surface area contributed by atoms with Gasteiger partial charge in [-0.25, -0.2) is 0 Å². The van der Waals surface area contributed by atoms with Crippen LogP contribution in [0.5, 0.6) is 0 Å². The molecule has 1 rings (SSSR count). The van der Waals surface area contributed by atoms with Gasteiger partial charge in [0.15, 0.2) is 6.19 Å². The van der Waals surface area contributed by atoms with Gasteiger partial charge in [-0.2, -0.15) is 5.26 Å². The van der Waals surface area contributed by atoms with Crippen LogP contribution in [0.25, 0.3) is 0 Å². The first-order chi connectivity index (χ1) is 6.15. The molecule has 66 valence electrons. The Morgan fingerprint density at radius 1 is 1.62 bits per heavy atom. The predicted molar refractivity (Wildman–Crippen MR) is 47.1 cm³/mol. The summed E-state index contributed by atoms with van der Waals surface area (Å²) in [5, 5.41) is 21.1. The van der Waals surface area contributed by atoms with Crippen molar-refractivity contribution in [2.45, 2.75) is 6.92 Å². The molecule has 0 bridgehead atoms. The number of anilines is 1. The molecule has 5 nitrogen and oxygen atoms in total. The van der Waals surface area contributed by atoms with Crippen LogP contribution in [0, 0.1) is 28.5 Å². The zero-order valence-electron chi connectivity index (χ0n) is 6.94. The highest BCUT2D eigenvalue weighted by molar-refractivity contribution is 5.58. The maximum absolute atomic E-state index is 10.4. The Kier molecular flexibility index (Phi) is 2.45. The van der Waals surface area contributed by atoms with E-state index in [4.69, 9.17) is 5.26 Å². The second-order valence-electron chi connectivity index (χ2n) is 2.49. The minimum absolute atomic E-state index is 0.0247. The van der Waals surface area contributed by atoms with Gasteiger partial charge in [0.2, 0.25) is 0 Å². The SMILES string of the molecule is Cc1ccc([N+](=O)[O-])cc1NC#N. The van der Waals surface area contributed by atoms with E-state index < -0.39 is 4.92 Å². The molecule has 0 radical (unpaired) electrons. The Morgan fingerprint density at radius 2 is 2.31 bits per heavy atom. The van der Waals surface area contributed by atoms with Crippen molar-refractivity contribution in [3.63, 3.8) is 0 Å². The molecule has 1 aromatic rings. The number of hydrogen-bond acceptors (Lipinski definition) is 4. The first-order valence-corrected chi connectivity index (χ1v) is 3.55. The summed E-state index contributed by atoms with van der Waals surface area (Å²) in [7, 11) is 0. The summed E-state index contributed by atoms with van der Waals surface area (Å²) in [5.41, 5.74) is 1.24. The Labute approximate surface area is 74.8 Å². The molecular weight excluding hydrogens is 170 g/mol. The lowest BCUT2D eigenvalue weighted by Gasteiger charge is -2.01. The fourth-order valence-corrected chi connectivity index (χ4v) is 0.918. The smallest absolute Gasteiger partial charge is 0.271 e. The molecule has 0 aliphatic heterocycles. The van der Waals surface area contributed by atoms with Gasteiger partial charge in [0, 0.05) is 12.1 Å². The minimum atomic E-state index is -0.498. The summed E-state index contributed by atoms with van der Waals surface area (Å²) in [6.45, 7) is 1.77. The summed E-state index contributed by atoms with van der Waals surface area (Å²) in [4.78, 5) is 9.87. The van der Waals surface area contributed by atoms with Gasteiger partial charge in [-0.3, -0.25) is 15.4 Å². The van der Waals surface area contributed by atoms with Gasteiger partial charge >= 0.3 is 0 Å². The van der Waals surface area contributed by atoms with Crippen molar-refractivity contribution in [3.8, 4) is 6.19 Å². The van der Waals surface area contributed by atoms with Crippen LogP contribution in [0.15, 0.2) is 18.2 Å². The number of non-ortho nitro benzene ring substituents is 1. The van der Waals surface area contributed by atoms with Crippen LogP contribution in [0.4, 0.5) is 11.4 Å². The summed E-state index contributed by atoms with van der Waals surface area (Å²) >= 11 is 0. The number of nitrogens with zero attached hydrogens (tertiary/aromatic N) is 2. The lowest BCUT2D eigenvalue weighted by Crippen LogP contribution is -1.94. The number of nitro benzene ring substituents is 1. The van der Waals surface area contributed by atoms with Crippen LogP contribution in [0.1, 0.15) is 5.56 Å². The molecule has 0 aliphatic carbocycles. The van der Waals surface area contributed by atoms with Gasteiger partial charge in [0.25, 0.3) is 5.69 Å². The number of benzene rings is 1. The lowest BCUT2D eigenvalue weighted by atomic mass is 10.2. The van der Waals surface area contributed by atoms with Crippen molar-refractivity contribution in [3.05, 3.63) is 33.9 Å². The second-order valence-corrected chi connectivity index (χ2v) is 2.49. The van der Waals surface area contributed by atoms with E-state index in [0.717, 1.165) is 5.56 Å². The van der Waals surface area contributed by atoms with Gasteiger partial charge in [0.05, 0.1) is 10.6 Å². The molecule has 0 aromatic heterocycles. The Bertz CT molecular complexity index is 381. The highest BCUT2D eigenvalue weighted by atomic mass is 16.6. The third-order valence-electron chi connectivity index (χ3n) is 1.62. The van der Waals surface area contributed by atoms with E-state index in [9.17, 15) is 10.1 Å². The molecule has 0 saturated carbocycles. The van der Waals surface area contributed by atoms with E-state index in [1.165, 1.54) is 12.1 Å². The van der Waals surface area contributed by atoms with Gasteiger partial charge in [0.1, 0.15) is 0 Å². The fraction of sp³-hybridized carbons (Fsp3) is 0.125. The van der Waals surface area contributed by atoms with Gasteiger partial charge in [-0.15, -0.1) is 0 Å². The van der Waals surface area contributed by atoms with E-state index in [1.54, 1.807) is 19.2 Å². The number of rotatable bonds is 2. The molecule has 13 heavy (non-hydrogen) atoms. The van der Waals surface area contributed by atoms with E-state index in [0.29, 0.717) is 5.69 Å². The van der Waals surface area contributed by atoms with E-state index in [1.807, 2.05) is 0 Å². The molecule has 0 amide bonds. The topological polar surface area (TPSA) is 79.0 Å². The lowest BCUT2D eigenvalue weighted by molar-refractivity contribution is -0.384. The zero-order chi connectivity index (χ0) is 9.84. The standard InChI is InChI=1S/C8H7N3O2/c1-6-2-3-7(11(12)13)4-8(6)10-5-9/h2-4,10H,1H3. The first-order valence-electron chi connectivity index (χ1n) is 3.55. The van der Waals surface area contributed by atoms with Crippen molar-refractivity contribution in [2.75, 3.05) is 5.32 Å². The van der Waals surface area contributed by atoms with Gasteiger partial charge in [-0.1, -0.05) is 6.07 Å². The monoisotopic (exact) mass is 177 g/mol. The van der Waals surface area contributed by atoms with E-state index >= 15 is 0 Å². The van der Waals surface area contributed by atoms with Crippen molar-refractivity contribution in [1.82, 2.24) is 0 Å². The van der Waals surface area contributed by atoms with Crippen LogP contribution >= 0.6 is 0 Å². The molecule has 0 fully saturated rings. The third-order valence-corrected chi connectivity index (χ3v) is 1.62. The van der Waals surface area contributed by atoms with Crippen molar-refractivity contribution in [1.29, 1.82) is 5.26 Å². The van der Waals surface area contributed by atoms with E-state index in [-0.39, 0.29) is 5.69 Å². The van der Waals surface area contributed by atoms with Crippen LogP contribution < -0.4 is 5.32 Å². The third kappa shape index (κ3) is 1.93. The molecule has 1 N–H and O–H groups in total. The molecule has 0 unspecified atom stereocenters. The average Bonchev–Trinajstić information content (AvgIpc) is 2.08.